The molecule has 0 aliphatic carbocycles. The summed E-state index contributed by atoms with van der Waals surface area (Å²) in [6.45, 7) is 0. The summed E-state index contributed by atoms with van der Waals surface area (Å²) in [5.41, 5.74) is 2.55. The third-order valence-electron chi connectivity index (χ3n) is 1.33. The molecule has 5 heteroatoms. The number of hydrogen-bond donors (Lipinski definition) is 2. The summed E-state index contributed by atoms with van der Waals surface area (Å²) in [5.74, 6) is -0.285. The van der Waals surface area contributed by atoms with Crippen LogP contribution < -0.4 is 5.43 Å². The Bertz CT molecular complexity index is 355. The summed E-state index contributed by atoms with van der Waals surface area (Å²) < 4.78 is 0. The Morgan fingerprint density at radius 3 is 2.62 bits per heavy atom. The molecule has 0 heterocycles. The van der Waals surface area contributed by atoms with Crippen LogP contribution >= 0.6 is 12.2 Å². The molecule has 2 N–H and O–H groups in total. The van der Waals surface area contributed by atoms with E-state index < -0.39 is 5.91 Å². The van der Waals surface area contributed by atoms with Gasteiger partial charge in [-0.15, -0.1) is 5.10 Å². The van der Waals surface area contributed by atoms with Gasteiger partial charge in [0.25, 0.3) is 5.91 Å². The lowest BCUT2D eigenvalue weighted by molar-refractivity contribution is 0.0955. The second kappa shape index (κ2) is 4.35. The van der Waals surface area contributed by atoms with Crippen LogP contribution in [-0.4, -0.2) is 16.2 Å². The van der Waals surface area contributed by atoms with E-state index in [1.807, 2.05) is 5.16 Å². The Morgan fingerprint density at radius 1 is 1.46 bits per heavy atom. The van der Waals surface area contributed by atoms with E-state index in [0.717, 1.165) is 0 Å². The van der Waals surface area contributed by atoms with Crippen LogP contribution in [0, 0.1) is 0 Å². The molecule has 0 saturated heterocycles. The van der Waals surface area contributed by atoms with Crippen molar-refractivity contribution in [3.63, 3.8) is 0 Å². The van der Waals surface area contributed by atoms with E-state index in [1.165, 1.54) is 24.3 Å². The van der Waals surface area contributed by atoms with E-state index in [9.17, 15) is 4.79 Å². The van der Waals surface area contributed by atoms with Crippen LogP contribution in [-0.2, 0) is 0 Å². The van der Waals surface area contributed by atoms with E-state index in [2.05, 4.69) is 22.7 Å². The van der Waals surface area contributed by atoms with Gasteiger partial charge in [0.05, 0.1) is 5.16 Å². The van der Waals surface area contributed by atoms with Crippen LogP contribution in [0.3, 0.4) is 0 Å². The number of phenolic OH excluding ortho intramolecular Hbond substituents is 1. The number of thiocarbonyl (C=S) groups is 1. The smallest absolute Gasteiger partial charge is 0.271 e. The number of hydrogen-bond acceptors (Lipinski definition) is 4. The maximum Gasteiger partial charge on any atom is 0.271 e. The average Bonchev–Trinajstić information content (AvgIpc) is 2.15. The quantitative estimate of drug-likeness (QED) is 0.421. The molecule has 1 aromatic rings. The fourth-order valence-corrected chi connectivity index (χ4v) is 0.797. The van der Waals surface area contributed by atoms with Gasteiger partial charge in [-0.1, -0.05) is 0 Å². The summed E-state index contributed by atoms with van der Waals surface area (Å²) in [7, 11) is 0. The lowest BCUT2D eigenvalue weighted by Crippen LogP contribution is -2.16. The number of nitrogens with zero attached hydrogens (tertiary/aromatic N) is 1. The van der Waals surface area contributed by atoms with Gasteiger partial charge in [-0.2, -0.15) is 0 Å². The zero-order valence-corrected chi connectivity index (χ0v) is 7.34. The number of benzene rings is 1. The fraction of sp³-hybridized carbons (Fsp3) is 0. The number of isothiocyanates is 1. The highest BCUT2D eigenvalue weighted by atomic mass is 32.1. The van der Waals surface area contributed by atoms with Crippen molar-refractivity contribution in [3.8, 4) is 5.75 Å². The minimum absolute atomic E-state index is 0.106. The lowest BCUT2D eigenvalue weighted by atomic mass is 10.2. The molecule has 0 aliphatic heterocycles. The molecule has 0 radical (unpaired) electrons. The van der Waals surface area contributed by atoms with Crippen molar-refractivity contribution < 1.29 is 9.90 Å². The summed E-state index contributed by atoms with van der Waals surface area (Å²) >= 11 is 4.27. The number of hydrazone groups is 1. The molecule has 13 heavy (non-hydrogen) atoms. The van der Waals surface area contributed by atoms with E-state index in [-0.39, 0.29) is 5.75 Å². The van der Waals surface area contributed by atoms with Gasteiger partial charge >= 0.3 is 0 Å². The van der Waals surface area contributed by atoms with Crippen LogP contribution in [0.5, 0.6) is 5.75 Å². The van der Waals surface area contributed by atoms with Crippen molar-refractivity contribution >= 4 is 23.3 Å². The standard InChI is InChI=1S/C8H6N2O2S/c11-7-3-1-6(2-4-7)8(12)10-9-5-13/h1-4,11H,(H,10,12). The fourth-order valence-electron chi connectivity index (χ4n) is 0.751. The van der Waals surface area contributed by atoms with Gasteiger partial charge in [-0.05, 0) is 36.5 Å². The monoisotopic (exact) mass is 194 g/mol. The maximum absolute atomic E-state index is 11.1. The molecule has 0 atom stereocenters. The Kier molecular flexibility index (Phi) is 3.14. The van der Waals surface area contributed by atoms with Crippen LogP contribution in [0.4, 0.5) is 0 Å². The molecule has 1 rings (SSSR count). The van der Waals surface area contributed by atoms with E-state index >= 15 is 0 Å². The second-order valence-corrected chi connectivity index (χ2v) is 2.37. The zero-order chi connectivity index (χ0) is 9.68. The van der Waals surface area contributed by atoms with Crippen molar-refractivity contribution in [2.24, 2.45) is 5.10 Å². The lowest BCUT2D eigenvalue weighted by Gasteiger charge is -1.97. The first-order chi connectivity index (χ1) is 6.24. The van der Waals surface area contributed by atoms with Crippen LogP contribution in [0.1, 0.15) is 10.4 Å². The molecule has 0 saturated carbocycles. The number of phenols is 1. The third kappa shape index (κ3) is 2.66. The molecule has 0 unspecified atom stereocenters. The highest BCUT2D eigenvalue weighted by Crippen LogP contribution is 2.08. The molecule has 0 spiro atoms. The van der Waals surface area contributed by atoms with Crippen molar-refractivity contribution in [3.05, 3.63) is 29.8 Å². The predicted molar refractivity (Wildman–Crippen MR) is 50.6 cm³/mol. The summed E-state index contributed by atoms with van der Waals surface area (Å²) in [6.07, 6.45) is 0. The van der Waals surface area contributed by atoms with Crippen molar-refractivity contribution in [1.29, 1.82) is 0 Å². The highest BCUT2D eigenvalue weighted by Gasteiger charge is 2.02. The van der Waals surface area contributed by atoms with E-state index in [4.69, 9.17) is 5.11 Å². The first-order valence-corrected chi connectivity index (χ1v) is 3.81. The number of rotatable bonds is 2. The normalized spacial score (nSPS) is 8.62. The second-order valence-electron chi connectivity index (χ2n) is 2.19. The third-order valence-corrected chi connectivity index (χ3v) is 1.42. The maximum atomic E-state index is 11.1. The Hall–Kier alpha value is -1.71. The summed E-state index contributed by atoms with van der Waals surface area (Å²) in [5, 5.41) is 14.2. The summed E-state index contributed by atoms with van der Waals surface area (Å²) in [6, 6.07) is 5.78. The van der Waals surface area contributed by atoms with Crippen LogP contribution in [0.2, 0.25) is 0 Å². The van der Waals surface area contributed by atoms with Gasteiger partial charge in [0, 0.05) is 5.56 Å². The number of aromatic hydroxyl groups is 1. The van der Waals surface area contributed by atoms with Crippen LogP contribution in [0.15, 0.2) is 29.4 Å². The first-order valence-electron chi connectivity index (χ1n) is 3.40. The minimum Gasteiger partial charge on any atom is -0.508 e. The van der Waals surface area contributed by atoms with Gasteiger partial charge in [-0.25, -0.2) is 5.43 Å². The minimum atomic E-state index is -0.391. The molecule has 0 bridgehead atoms. The topological polar surface area (TPSA) is 61.7 Å². The largest absolute Gasteiger partial charge is 0.508 e. The van der Waals surface area contributed by atoms with Crippen molar-refractivity contribution in [2.75, 3.05) is 0 Å². The Labute approximate surface area is 79.9 Å². The molecule has 0 aliphatic rings. The number of amides is 1. The molecule has 0 aromatic heterocycles. The number of carbonyl (C=O) groups is 1. The molecule has 66 valence electrons. The van der Waals surface area contributed by atoms with Gasteiger partial charge in [-0.3, -0.25) is 4.79 Å². The predicted octanol–water partition coefficient (Wildman–Crippen LogP) is 1.14. The Morgan fingerprint density at radius 2 is 2.08 bits per heavy atom. The van der Waals surface area contributed by atoms with Gasteiger partial charge in [0.15, 0.2) is 0 Å². The van der Waals surface area contributed by atoms with Gasteiger partial charge in [0.2, 0.25) is 0 Å². The van der Waals surface area contributed by atoms with Gasteiger partial charge in [0.1, 0.15) is 5.75 Å². The first kappa shape index (κ1) is 9.38. The van der Waals surface area contributed by atoms with E-state index in [1.54, 1.807) is 0 Å². The molecule has 4 nitrogen and oxygen atoms in total. The molecule has 1 aromatic carbocycles. The zero-order valence-electron chi connectivity index (χ0n) is 6.52. The van der Waals surface area contributed by atoms with Gasteiger partial charge < -0.3 is 5.11 Å². The highest BCUT2D eigenvalue weighted by molar-refractivity contribution is 7.78. The van der Waals surface area contributed by atoms with Crippen molar-refractivity contribution in [2.45, 2.75) is 0 Å². The summed E-state index contributed by atoms with van der Waals surface area (Å²) in [4.78, 5) is 11.1. The number of nitrogens with one attached hydrogen (secondary N) is 1. The molecule has 1 amide bonds. The Balaban J connectivity index is 2.77. The molecular weight excluding hydrogens is 188 g/mol. The average molecular weight is 194 g/mol. The number of carbonyl (C=O) groups excluding carboxylic acids is 1. The SMILES string of the molecule is O=C(NN=C=S)c1ccc(O)cc1. The van der Waals surface area contributed by atoms with Crippen LogP contribution in [0.25, 0.3) is 0 Å². The molecular formula is C8H6N2O2S. The van der Waals surface area contributed by atoms with E-state index in [0.29, 0.717) is 5.56 Å². The van der Waals surface area contributed by atoms with Crippen molar-refractivity contribution in [1.82, 2.24) is 5.43 Å². The molecule has 0 fully saturated rings.